The second-order valence-corrected chi connectivity index (χ2v) is 19.9. The molecule has 2 aliphatic rings. The van der Waals surface area contributed by atoms with Gasteiger partial charge in [-0.3, -0.25) is 0 Å². The summed E-state index contributed by atoms with van der Waals surface area (Å²) in [6, 6.07) is 0. The van der Waals surface area contributed by atoms with Gasteiger partial charge in [-0.1, -0.05) is 20.8 Å². The van der Waals surface area contributed by atoms with Crippen molar-refractivity contribution < 1.29 is 32.7 Å². The minimum absolute atomic E-state index is 0.0613. The number of benzene rings is 1. The molecule has 0 spiro atoms. The Balaban J connectivity index is 1.88. The number of carbonyl (C=O) groups is 1. The summed E-state index contributed by atoms with van der Waals surface area (Å²) in [5.41, 5.74) is 1.31. The molecule has 2 heterocycles. The highest BCUT2D eigenvalue weighted by molar-refractivity contribution is 6.74. The molecule has 0 amide bonds. The molecule has 7 nitrogen and oxygen atoms in total. The van der Waals surface area contributed by atoms with E-state index in [0.717, 1.165) is 40.8 Å². The normalized spacial score (nSPS) is 21.3. The van der Waals surface area contributed by atoms with Crippen LogP contribution in [0.3, 0.4) is 0 Å². The summed E-state index contributed by atoms with van der Waals surface area (Å²) in [5, 5.41) is 0.0613. The van der Waals surface area contributed by atoms with Crippen LogP contribution >= 0.6 is 0 Å². The number of carbonyl (C=O) groups excluding carboxylic acids is 1. The maximum Gasteiger partial charge on any atom is 0.513 e. The van der Waals surface area contributed by atoms with Crippen LogP contribution in [0.2, 0.25) is 18.1 Å². The predicted molar refractivity (Wildman–Crippen MR) is 163 cm³/mol. The third-order valence-corrected chi connectivity index (χ3v) is 14.3. The van der Waals surface area contributed by atoms with Crippen molar-refractivity contribution in [2.45, 2.75) is 150 Å². The highest BCUT2D eigenvalue weighted by Crippen LogP contribution is 2.45. The highest BCUT2D eigenvalue weighted by atomic mass is 28.4. The van der Waals surface area contributed by atoms with E-state index in [1.165, 1.54) is 0 Å². The Morgan fingerprint density at radius 2 is 1.48 bits per heavy atom. The minimum atomic E-state index is -2.01. The largest absolute Gasteiger partial charge is 0.513 e. The molecule has 3 rings (SSSR count). The van der Waals surface area contributed by atoms with Crippen molar-refractivity contribution in [2.24, 2.45) is 0 Å². The Hall–Kier alpha value is -1.55. The first-order valence-corrected chi connectivity index (χ1v) is 17.6. The maximum atomic E-state index is 13.5. The van der Waals surface area contributed by atoms with Gasteiger partial charge in [0.15, 0.2) is 13.8 Å². The first-order chi connectivity index (χ1) is 17.9. The predicted octanol–water partition coefficient (Wildman–Crippen LogP) is 8.03. The van der Waals surface area contributed by atoms with Gasteiger partial charge in [0.05, 0.1) is 11.2 Å². The van der Waals surface area contributed by atoms with E-state index in [4.69, 9.17) is 27.9 Å². The Morgan fingerprint density at radius 1 is 0.925 bits per heavy atom. The van der Waals surface area contributed by atoms with E-state index in [0.29, 0.717) is 18.8 Å². The second kappa shape index (κ2) is 10.6. The smallest absolute Gasteiger partial charge is 0.487 e. The summed E-state index contributed by atoms with van der Waals surface area (Å²) in [6.45, 7) is 31.4. The van der Waals surface area contributed by atoms with Gasteiger partial charge in [-0.25, -0.2) is 4.79 Å². The first-order valence-electron chi connectivity index (χ1n) is 14.7. The number of ether oxygens (including phenoxy) is 3. The van der Waals surface area contributed by atoms with Crippen molar-refractivity contribution >= 4 is 21.6 Å². The summed E-state index contributed by atoms with van der Waals surface area (Å²) in [6.07, 6.45) is 1.36. The van der Waals surface area contributed by atoms with Crippen LogP contribution in [0.15, 0.2) is 0 Å². The maximum absolute atomic E-state index is 13.5. The van der Waals surface area contributed by atoms with E-state index in [9.17, 15) is 4.79 Å². The molecule has 0 radical (unpaired) electrons. The Morgan fingerprint density at radius 3 is 2.00 bits per heavy atom. The number of fused-ring (bicyclic) bond motifs is 1. The fraction of sp³-hybridized carbons (Fsp3) is 0.774. The van der Waals surface area contributed by atoms with Crippen LogP contribution in [0.1, 0.15) is 104 Å². The number of hydrogen-bond donors (Lipinski definition) is 0. The second-order valence-electron chi connectivity index (χ2n) is 15.1. The summed E-state index contributed by atoms with van der Waals surface area (Å²) < 4.78 is 37.7. The van der Waals surface area contributed by atoms with E-state index < -0.39 is 38.3 Å². The highest BCUT2D eigenvalue weighted by Gasteiger charge is 2.60. The fourth-order valence-electron chi connectivity index (χ4n) is 4.83. The molecule has 1 fully saturated rings. The Kier molecular flexibility index (Phi) is 8.75. The molecule has 40 heavy (non-hydrogen) atoms. The van der Waals surface area contributed by atoms with Gasteiger partial charge >= 0.3 is 13.3 Å². The lowest BCUT2D eigenvalue weighted by Gasteiger charge is -2.38. The van der Waals surface area contributed by atoms with Crippen LogP contribution in [-0.2, 0) is 24.9 Å². The van der Waals surface area contributed by atoms with Crippen molar-refractivity contribution in [2.75, 3.05) is 6.61 Å². The molecule has 1 aromatic rings. The zero-order valence-corrected chi connectivity index (χ0v) is 28.8. The van der Waals surface area contributed by atoms with E-state index in [2.05, 4.69) is 47.7 Å². The zero-order chi connectivity index (χ0) is 30.7. The summed E-state index contributed by atoms with van der Waals surface area (Å²) in [7, 11) is -2.79. The van der Waals surface area contributed by atoms with E-state index in [1.807, 2.05) is 55.4 Å². The van der Waals surface area contributed by atoms with Gasteiger partial charge in [-0.2, -0.15) is 0 Å². The molecule has 0 N–H and O–H groups in total. The molecule has 1 saturated heterocycles. The van der Waals surface area contributed by atoms with Crippen LogP contribution in [0.4, 0.5) is 4.79 Å². The molecule has 0 aromatic heterocycles. The quantitative estimate of drug-likeness (QED) is 0.185. The molecule has 0 aliphatic carbocycles. The van der Waals surface area contributed by atoms with E-state index in [-0.39, 0.29) is 10.6 Å². The molecule has 226 valence electrons. The summed E-state index contributed by atoms with van der Waals surface area (Å²) >= 11 is 0. The summed E-state index contributed by atoms with van der Waals surface area (Å²) in [4.78, 5) is 13.5. The van der Waals surface area contributed by atoms with Gasteiger partial charge in [0, 0.05) is 18.6 Å². The first kappa shape index (κ1) is 33.0. The van der Waals surface area contributed by atoms with Crippen molar-refractivity contribution in [3.05, 3.63) is 22.3 Å². The Bertz CT molecular complexity index is 1120. The monoisotopic (exact) mass is 576 g/mol. The average molecular weight is 577 g/mol. The molecular weight excluding hydrogens is 523 g/mol. The molecule has 9 heteroatoms. The van der Waals surface area contributed by atoms with Crippen LogP contribution in [-0.4, -0.2) is 50.5 Å². The van der Waals surface area contributed by atoms with E-state index in [1.54, 1.807) is 0 Å². The van der Waals surface area contributed by atoms with Crippen molar-refractivity contribution in [3.8, 4) is 11.5 Å². The van der Waals surface area contributed by atoms with Crippen LogP contribution < -0.4 is 9.47 Å². The van der Waals surface area contributed by atoms with Gasteiger partial charge in [0.2, 0.25) is 0 Å². The van der Waals surface area contributed by atoms with Crippen LogP contribution in [0.5, 0.6) is 11.5 Å². The lowest BCUT2D eigenvalue weighted by atomic mass is 9.66. The standard InChI is InChI=1S/C31H53BO7Si/c1-20-21(2)25-23(16-17-28(7,8)36-25)22(3)24(20)35-26(33)37-31(13,18-19-34-40(14,15)27(4,5)6)32-38-29(9,10)30(11,12)39-32/h16-19H2,1-15H3. The van der Waals surface area contributed by atoms with Gasteiger partial charge < -0.3 is 27.9 Å². The molecule has 1 atom stereocenters. The van der Waals surface area contributed by atoms with Crippen LogP contribution in [0, 0.1) is 20.8 Å². The number of rotatable bonds is 7. The van der Waals surface area contributed by atoms with Gasteiger partial charge in [-0.05, 0) is 117 Å². The van der Waals surface area contributed by atoms with Gasteiger partial charge in [-0.15, -0.1) is 0 Å². The van der Waals surface area contributed by atoms with Crippen molar-refractivity contribution in [1.29, 1.82) is 0 Å². The van der Waals surface area contributed by atoms with Gasteiger partial charge in [0.25, 0.3) is 0 Å². The topological polar surface area (TPSA) is 72.5 Å². The molecular formula is C31H53BO7Si. The Labute approximate surface area is 244 Å². The molecule has 1 aromatic carbocycles. The molecule has 2 aliphatic heterocycles. The zero-order valence-electron chi connectivity index (χ0n) is 27.8. The van der Waals surface area contributed by atoms with Gasteiger partial charge in [0.1, 0.15) is 17.1 Å². The molecule has 0 bridgehead atoms. The fourth-order valence-corrected chi connectivity index (χ4v) is 5.88. The van der Waals surface area contributed by atoms with Crippen molar-refractivity contribution in [1.82, 2.24) is 0 Å². The lowest BCUT2D eigenvalue weighted by Crippen LogP contribution is -2.51. The minimum Gasteiger partial charge on any atom is -0.487 e. The third-order valence-electron chi connectivity index (χ3n) is 9.79. The van der Waals surface area contributed by atoms with Crippen molar-refractivity contribution in [3.63, 3.8) is 0 Å². The SMILES string of the molecule is Cc1c(C)c2c(c(C)c1OC(=O)OC(C)(CCO[Si](C)(C)C(C)(C)C)B1OC(C)(C)C(C)(C)O1)CCC(C)(C)O2. The van der Waals surface area contributed by atoms with E-state index >= 15 is 0 Å². The number of hydrogen-bond acceptors (Lipinski definition) is 7. The lowest BCUT2D eigenvalue weighted by molar-refractivity contribution is 0.00578. The van der Waals surface area contributed by atoms with Crippen LogP contribution in [0.25, 0.3) is 0 Å². The molecule has 1 unspecified atom stereocenters. The summed E-state index contributed by atoms with van der Waals surface area (Å²) in [5.74, 6) is 1.43. The third kappa shape index (κ3) is 6.42. The average Bonchev–Trinajstić information content (AvgIpc) is 3.01. The molecule has 0 saturated carbocycles.